The zero-order chi connectivity index (χ0) is 17.0. The van der Waals surface area contributed by atoms with Gasteiger partial charge < -0.3 is 0 Å². The summed E-state index contributed by atoms with van der Waals surface area (Å²) in [7, 11) is 0. The monoisotopic (exact) mass is 332 g/mol. The molecule has 23 heavy (non-hydrogen) atoms. The van der Waals surface area contributed by atoms with Gasteiger partial charge in [0.05, 0.1) is 16.7 Å². The van der Waals surface area contributed by atoms with E-state index in [0.717, 1.165) is 12.8 Å². The van der Waals surface area contributed by atoms with Crippen molar-refractivity contribution in [3.8, 4) is 0 Å². The summed E-state index contributed by atoms with van der Waals surface area (Å²) in [6.07, 6.45) is 1.92. The second-order valence-corrected chi connectivity index (χ2v) is 7.63. The lowest BCUT2D eigenvalue weighted by Crippen LogP contribution is -2.25. The Hall–Kier alpha value is -1.62. The molecule has 0 fully saturated rings. The molecule has 0 radical (unpaired) electrons. The van der Waals surface area contributed by atoms with Gasteiger partial charge in [0.15, 0.2) is 5.16 Å². The zero-order valence-electron chi connectivity index (χ0n) is 14.3. The number of nitrogens with zero attached hydrogens (tertiary/aromatic N) is 2. The highest BCUT2D eigenvalue weighted by Gasteiger charge is 2.22. The van der Waals surface area contributed by atoms with Crippen LogP contribution in [0.15, 0.2) is 34.2 Å². The number of hydrogen-bond acceptors (Lipinski definition) is 4. The lowest BCUT2D eigenvalue weighted by Gasteiger charge is -2.17. The summed E-state index contributed by atoms with van der Waals surface area (Å²) in [5.74, 6) is 0.493. The first-order valence-corrected chi connectivity index (χ1v) is 8.99. The summed E-state index contributed by atoms with van der Waals surface area (Å²) in [5, 5.41) is 1.27. The topological polar surface area (TPSA) is 52.0 Å². The Balaban J connectivity index is 2.40. The van der Waals surface area contributed by atoms with Gasteiger partial charge in [-0.2, -0.15) is 0 Å². The van der Waals surface area contributed by atoms with Gasteiger partial charge in [-0.3, -0.25) is 14.2 Å². The number of ketones is 1. The minimum Gasteiger partial charge on any atom is -0.298 e. The van der Waals surface area contributed by atoms with Crippen molar-refractivity contribution in [3.05, 3.63) is 34.6 Å². The molecule has 0 saturated carbocycles. The van der Waals surface area contributed by atoms with Crippen molar-refractivity contribution in [3.63, 3.8) is 0 Å². The molecule has 0 amide bonds. The number of Topliss-reactive ketones (excluding diaryl/α,β-unsaturated/α-hetero) is 1. The van der Waals surface area contributed by atoms with Crippen LogP contribution in [0.3, 0.4) is 0 Å². The van der Waals surface area contributed by atoms with Crippen LogP contribution in [-0.4, -0.2) is 21.1 Å². The molecule has 1 aromatic heterocycles. The van der Waals surface area contributed by atoms with Gasteiger partial charge in [0.25, 0.3) is 5.56 Å². The summed E-state index contributed by atoms with van der Waals surface area (Å²) < 4.78 is 1.71. The average molecular weight is 332 g/mol. The molecule has 0 aliphatic heterocycles. The van der Waals surface area contributed by atoms with E-state index < -0.39 is 0 Å². The van der Waals surface area contributed by atoms with Crippen molar-refractivity contribution < 1.29 is 4.79 Å². The molecule has 1 heterocycles. The maximum atomic E-state index is 12.7. The van der Waals surface area contributed by atoms with Crippen LogP contribution in [0.25, 0.3) is 10.9 Å². The summed E-state index contributed by atoms with van der Waals surface area (Å²) in [6.45, 7) is 8.46. The third-order valence-electron chi connectivity index (χ3n) is 3.73. The summed E-state index contributed by atoms with van der Waals surface area (Å²) in [4.78, 5) is 29.5. The Bertz CT molecular complexity index is 760. The number of fused-ring (bicyclic) bond motifs is 1. The molecule has 2 rings (SSSR count). The molecule has 2 aromatic rings. The normalized spacial score (nSPS) is 11.8. The Kier molecular flexibility index (Phi) is 5.63. The van der Waals surface area contributed by atoms with Crippen molar-refractivity contribution in [2.45, 2.75) is 52.2 Å². The highest BCUT2D eigenvalue weighted by Crippen LogP contribution is 2.23. The van der Waals surface area contributed by atoms with Crippen LogP contribution in [0.1, 0.15) is 40.5 Å². The van der Waals surface area contributed by atoms with Gasteiger partial charge in [-0.1, -0.05) is 58.0 Å². The molecule has 0 N–H and O–H groups in total. The fraction of sp³-hybridized carbons (Fsp3) is 0.500. The number of benzene rings is 1. The Labute approximate surface area is 141 Å². The number of carbonyl (C=O) groups is 1. The molecule has 5 heteroatoms. The number of carbonyl (C=O) groups excluding carboxylic acids is 1. The van der Waals surface area contributed by atoms with E-state index >= 15 is 0 Å². The average Bonchev–Trinajstić information content (AvgIpc) is 2.51. The van der Waals surface area contributed by atoms with Crippen molar-refractivity contribution in [1.29, 1.82) is 0 Å². The molecule has 0 unspecified atom stereocenters. The van der Waals surface area contributed by atoms with Gasteiger partial charge in [-0.05, 0) is 18.6 Å². The Morgan fingerprint density at radius 2 is 1.96 bits per heavy atom. The first kappa shape index (κ1) is 17.7. The number of hydrogen-bond donors (Lipinski definition) is 0. The molecule has 0 saturated heterocycles. The largest absolute Gasteiger partial charge is 0.298 e. The predicted molar refractivity (Wildman–Crippen MR) is 96.1 cm³/mol. The van der Waals surface area contributed by atoms with Crippen LogP contribution in [0.2, 0.25) is 0 Å². The molecule has 0 bridgehead atoms. The Morgan fingerprint density at radius 3 is 2.61 bits per heavy atom. The maximum Gasteiger partial charge on any atom is 0.262 e. The number of para-hydroxylation sites is 1. The van der Waals surface area contributed by atoms with E-state index in [0.29, 0.717) is 28.4 Å². The Morgan fingerprint density at radius 1 is 1.26 bits per heavy atom. The number of aromatic nitrogens is 2. The van der Waals surface area contributed by atoms with Gasteiger partial charge in [0.2, 0.25) is 0 Å². The van der Waals surface area contributed by atoms with E-state index in [1.165, 1.54) is 11.8 Å². The fourth-order valence-corrected chi connectivity index (χ4v) is 3.30. The minimum atomic E-state index is -0.377. The van der Waals surface area contributed by atoms with Crippen LogP contribution in [0.5, 0.6) is 0 Å². The van der Waals surface area contributed by atoms with Crippen LogP contribution < -0.4 is 5.56 Å². The second-order valence-electron chi connectivity index (χ2n) is 6.68. The van der Waals surface area contributed by atoms with E-state index in [-0.39, 0.29) is 16.8 Å². The first-order valence-electron chi connectivity index (χ1n) is 8.00. The molecular weight excluding hydrogens is 308 g/mol. The van der Waals surface area contributed by atoms with E-state index in [1.54, 1.807) is 4.57 Å². The molecule has 0 aliphatic carbocycles. The van der Waals surface area contributed by atoms with E-state index in [9.17, 15) is 9.59 Å². The highest BCUT2D eigenvalue weighted by atomic mass is 32.2. The zero-order valence-corrected chi connectivity index (χ0v) is 15.1. The number of thioether (sulfide) groups is 1. The van der Waals surface area contributed by atoms with Crippen molar-refractivity contribution in [2.24, 2.45) is 5.41 Å². The van der Waals surface area contributed by atoms with Gasteiger partial charge in [-0.15, -0.1) is 0 Å². The lowest BCUT2D eigenvalue weighted by molar-refractivity contribution is -0.123. The van der Waals surface area contributed by atoms with Crippen molar-refractivity contribution in [2.75, 3.05) is 5.75 Å². The van der Waals surface area contributed by atoms with Gasteiger partial charge in [0, 0.05) is 12.0 Å². The SMILES string of the molecule is CCCCn1c(SCC(=O)C(C)(C)C)nc2ccccc2c1=O. The first-order chi connectivity index (χ1) is 10.8. The molecule has 1 aromatic carbocycles. The predicted octanol–water partition coefficient (Wildman–Crippen LogP) is 3.90. The quantitative estimate of drug-likeness (QED) is 0.594. The van der Waals surface area contributed by atoms with Crippen LogP contribution >= 0.6 is 11.8 Å². The van der Waals surface area contributed by atoms with Gasteiger partial charge >= 0.3 is 0 Å². The molecular formula is C18H24N2O2S. The standard InChI is InChI=1S/C18H24N2O2S/c1-5-6-11-20-16(22)13-9-7-8-10-14(13)19-17(20)23-12-15(21)18(2,3)4/h7-10H,5-6,11-12H2,1-4H3. The molecule has 4 nitrogen and oxygen atoms in total. The molecule has 0 atom stereocenters. The maximum absolute atomic E-state index is 12.7. The third-order valence-corrected chi connectivity index (χ3v) is 4.71. The fourth-order valence-electron chi connectivity index (χ4n) is 2.12. The molecule has 124 valence electrons. The lowest BCUT2D eigenvalue weighted by atomic mass is 9.92. The van der Waals surface area contributed by atoms with E-state index in [2.05, 4.69) is 11.9 Å². The number of unbranched alkanes of at least 4 members (excludes halogenated alkanes) is 1. The highest BCUT2D eigenvalue weighted by molar-refractivity contribution is 7.99. The minimum absolute atomic E-state index is 0.0187. The summed E-state index contributed by atoms with van der Waals surface area (Å²) in [5.41, 5.74) is 0.295. The molecule has 0 spiro atoms. The van der Waals surface area contributed by atoms with E-state index in [4.69, 9.17) is 0 Å². The number of rotatable bonds is 6. The third kappa shape index (κ3) is 4.22. The van der Waals surface area contributed by atoms with Crippen LogP contribution in [0.4, 0.5) is 0 Å². The van der Waals surface area contributed by atoms with Crippen LogP contribution in [0, 0.1) is 5.41 Å². The van der Waals surface area contributed by atoms with Crippen molar-refractivity contribution in [1.82, 2.24) is 9.55 Å². The summed E-state index contributed by atoms with van der Waals surface area (Å²) >= 11 is 1.36. The summed E-state index contributed by atoms with van der Waals surface area (Å²) in [6, 6.07) is 7.38. The van der Waals surface area contributed by atoms with Gasteiger partial charge in [-0.25, -0.2) is 4.98 Å². The van der Waals surface area contributed by atoms with Crippen LogP contribution in [-0.2, 0) is 11.3 Å². The van der Waals surface area contributed by atoms with Crippen molar-refractivity contribution >= 4 is 28.4 Å². The molecule has 0 aliphatic rings. The van der Waals surface area contributed by atoms with E-state index in [1.807, 2.05) is 45.0 Å². The second kappa shape index (κ2) is 7.30. The smallest absolute Gasteiger partial charge is 0.262 e. The van der Waals surface area contributed by atoms with Gasteiger partial charge in [0.1, 0.15) is 5.78 Å².